The Morgan fingerprint density at radius 2 is 1.71 bits per heavy atom. The van der Waals surface area contributed by atoms with Crippen LogP contribution in [-0.2, 0) is 10.3 Å². The fraction of sp³-hybridized carbons (Fsp3) is 0.235. The predicted octanol–water partition coefficient (Wildman–Crippen LogP) is 3.94. The summed E-state index contributed by atoms with van der Waals surface area (Å²) < 4.78 is 13.0. The zero-order valence-electron chi connectivity index (χ0n) is 12.1. The lowest BCUT2D eigenvalue weighted by Gasteiger charge is -2.31. The van der Waals surface area contributed by atoms with E-state index in [9.17, 15) is 14.3 Å². The Labute approximate surface area is 123 Å². The summed E-state index contributed by atoms with van der Waals surface area (Å²) in [4.78, 5) is 11.9. The van der Waals surface area contributed by atoms with Gasteiger partial charge in [-0.05, 0) is 43.2 Å². The minimum atomic E-state index is -1.23. The highest BCUT2D eigenvalue weighted by Gasteiger charge is 2.38. The topological polar surface area (TPSA) is 49.3 Å². The Kier molecular flexibility index (Phi) is 4.26. The molecule has 0 radical (unpaired) electrons. The minimum absolute atomic E-state index is 0.353. The molecular formula is C17H18FNO2. The van der Waals surface area contributed by atoms with Crippen LogP contribution in [0.5, 0.6) is 0 Å². The van der Waals surface area contributed by atoms with Crippen molar-refractivity contribution >= 4 is 11.7 Å². The van der Waals surface area contributed by atoms with Crippen LogP contribution >= 0.6 is 0 Å². The van der Waals surface area contributed by atoms with Crippen molar-refractivity contribution < 1.29 is 14.3 Å². The quantitative estimate of drug-likeness (QED) is 0.875. The number of hydrogen-bond donors (Lipinski definition) is 2. The molecule has 21 heavy (non-hydrogen) atoms. The van der Waals surface area contributed by atoms with Gasteiger partial charge in [-0.1, -0.05) is 36.8 Å². The number of carboxylic acids is 1. The van der Waals surface area contributed by atoms with Crippen molar-refractivity contribution in [3.05, 3.63) is 65.5 Å². The number of benzene rings is 2. The number of halogens is 1. The average molecular weight is 287 g/mol. The highest BCUT2D eigenvalue weighted by Crippen LogP contribution is 2.30. The molecule has 0 aromatic heterocycles. The zero-order chi connectivity index (χ0) is 15.5. The normalized spacial score (nSPS) is 13.5. The maximum Gasteiger partial charge on any atom is 0.334 e. The van der Waals surface area contributed by atoms with Crippen LogP contribution in [0.15, 0.2) is 48.5 Å². The fourth-order valence-corrected chi connectivity index (χ4v) is 2.31. The molecule has 110 valence electrons. The van der Waals surface area contributed by atoms with Gasteiger partial charge in [-0.3, -0.25) is 0 Å². The van der Waals surface area contributed by atoms with Gasteiger partial charge in [0.05, 0.1) is 0 Å². The van der Waals surface area contributed by atoms with E-state index in [1.165, 1.54) is 24.3 Å². The first-order chi connectivity index (χ1) is 9.98. The van der Waals surface area contributed by atoms with Gasteiger partial charge in [0.2, 0.25) is 0 Å². The van der Waals surface area contributed by atoms with Crippen molar-refractivity contribution in [1.82, 2.24) is 0 Å². The summed E-state index contributed by atoms with van der Waals surface area (Å²) >= 11 is 0. The van der Waals surface area contributed by atoms with E-state index in [4.69, 9.17) is 0 Å². The molecule has 4 heteroatoms. The number of carboxylic acid groups (broad SMARTS) is 1. The summed E-state index contributed by atoms with van der Waals surface area (Å²) in [6.45, 7) is 3.76. The van der Waals surface area contributed by atoms with Crippen LogP contribution < -0.4 is 5.32 Å². The number of rotatable bonds is 5. The van der Waals surface area contributed by atoms with Gasteiger partial charge in [-0.15, -0.1) is 0 Å². The van der Waals surface area contributed by atoms with Crippen LogP contribution in [0.3, 0.4) is 0 Å². The molecule has 0 bridgehead atoms. The van der Waals surface area contributed by atoms with E-state index < -0.39 is 11.5 Å². The summed E-state index contributed by atoms with van der Waals surface area (Å²) in [5.41, 5.74) is 1.08. The number of hydrogen-bond acceptors (Lipinski definition) is 2. The monoisotopic (exact) mass is 287 g/mol. The van der Waals surface area contributed by atoms with E-state index in [2.05, 4.69) is 5.32 Å². The molecule has 3 nitrogen and oxygen atoms in total. The Morgan fingerprint density at radius 3 is 2.19 bits per heavy atom. The molecule has 2 aromatic carbocycles. The summed E-state index contributed by atoms with van der Waals surface area (Å²) in [7, 11) is 0. The molecule has 0 spiro atoms. The van der Waals surface area contributed by atoms with E-state index in [1.54, 1.807) is 0 Å². The number of anilines is 1. The van der Waals surface area contributed by atoms with E-state index in [1.807, 2.05) is 38.1 Å². The van der Waals surface area contributed by atoms with Gasteiger partial charge in [-0.25, -0.2) is 9.18 Å². The van der Waals surface area contributed by atoms with Gasteiger partial charge < -0.3 is 10.4 Å². The van der Waals surface area contributed by atoms with Crippen molar-refractivity contribution in [3.63, 3.8) is 0 Å². The van der Waals surface area contributed by atoms with Crippen molar-refractivity contribution in [3.8, 4) is 0 Å². The molecule has 0 aliphatic heterocycles. The smallest absolute Gasteiger partial charge is 0.334 e. The second kappa shape index (κ2) is 5.95. The summed E-state index contributed by atoms with van der Waals surface area (Å²) in [5, 5.41) is 12.8. The Bertz CT molecular complexity index is 622. The molecule has 0 amide bonds. The first-order valence-corrected chi connectivity index (χ1v) is 6.82. The lowest BCUT2D eigenvalue weighted by atomic mass is 9.86. The zero-order valence-corrected chi connectivity index (χ0v) is 12.1. The standard InChI is InChI=1S/C17H18FNO2/c1-3-17(16(20)21,13-6-4-12(2)5-7-13)19-15-10-8-14(18)9-11-15/h4-11,19H,3H2,1-2H3,(H,20,21). The molecule has 1 atom stereocenters. The molecule has 0 aliphatic carbocycles. The maximum atomic E-state index is 13.0. The summed E-state index contributed by atoms with van der Waals surface area (Å²) in [5.74, 6) is -1.31. The van der Waals surface area contributed by atoms with Crippen LogP contribution in [0.25, 0.3) is 0 Å². The van der Waals surface area contributed by atoms with Gasteiger partial charge in [0, 0.05) is 5.69 Å². The molecule has 1 unspecified atom stereocenters. The van der Waals surface area contributed by atoms with Crippen LogP contribution in [0.4, 0.5) is 10.1 Å². The highest BCUT2D eigenvalue weighted by molar-refractivity contribution is 5.84. The maximum absolute atomic E-state index is 13.0. The van der Waals surface area contributed by atoms with Gasteiger partial charge in [-0.2, -0.15) is 0 Å². The van der Waals surface area contributed by atoms with Gasteiger partial charge in [0.25, 0.3) is 0 Å². The number of nitrogens with one attached hydrogen (secondary N) is 1. The lowest BCUT2D eigenvalue weighted by molar-refractivity contribution is -0.142. The first kappa shape index (κ1) is 15.0. The molecule has 2 N–H and O–H groups in total. The minimum Gasteiger partial charge on any atom is -0.479 e. The number of aryl methyl sites for hydroxylation is 1. The third-order valence-electron chi connectivity index (χ3n) is 3.64. The van der Waals surface area contributed by atoms with Crippen LogP contribution in [0.2, 0.25) is 0 Å². The highest BCUT2D eigenvalue weighted by atomic mass is 19.1. The van der Waals surface area contributed by atoms with E-state index in [0.29, 0.717) is 17.7 Å². The van der Waals surface area contributed by atoms with Gasteiger partial charge in [0.1, 0.15) is 5.82 Å². The fourth-order valence-electron chi connectivity index (χ4n) is 2.31. The largest absolute Gasteiger partial charge is 0.479 e. The SMILES string of the molecule is CCC(Nc1ccc(F)cc1)(C(=O)O)c1ccc(C)cc1. The van der Waals surface area contributed by atoms with Crippen LogP contribution in [0.1, 0.15) is 24.5 Å². The molecule has 0 saturated heterocycles. The number of carbonyl (C=O) groups is 1. The van der Waals surface area contributed by atoms with Crippen molar-refractivity contribution in [2.75, 3.05) is 5.32 Å². The van der Waals surface area contributed by atoms with Crippen LogP contribution in [0, 0.1) is 12.7 Å². The van der Waals surface area contributed by atoms with Crippen molar-refractivity contribution in [1.29, 1.82) is 0 Å². The number of aliphatic carboxylic acids is 1. The van der Waals surface area contributed by atoms with Crippen LogP contribution in [-0.4, -0.2) is 11.1 Å². The van der Waals surface area contributed by atoms with E-state index >= 15 is 0 Å². The Hall–Kier alpha value is -2.36. The molecule has 0 saturated carbocycles. The average Bonchev–Trinajstić information content (AvgIpc) is 2.47. The lowest BCUT2D eigenvalue weighted by Crippen LogP contribution is -2.43. The predicted molar refractivity (Wildman–Crippen MR) is 80.8 cm³/mol. The van der Waals surface area contributed by atoms with E-state index in [0.717, 1.165) is 5.56 Å². The molecule has 0 fully saturated rings. The molecule has 2 aromatic rings. The molecule has 0 aliphatic rings. The second-order valence-electron chi connectivity index (χ2n) is 5.06. The Morgan fingerprint density at radius 1 is 1.14 bits per heavy atom. The van der Waals surface area contributed by atoms with Crippen molar-refractivity contribution in [2.24, 2.45) is 0 Å². The summed E-state index contributed by atoms with van der Waals surface area (Å²) in [6.07, 6.45) is 0.364. The second-order valence-corrected chi connectivity index (χ2v) is 5.06. The van der Waals surface area contributed by atoms with E-state index in [-0.39, 0.29) is 5.82 Å². The van der Waals surface area contributed by atoms with Gasteiger partial charge in [0.15, 0.2) is 5.54 Å². The van der Waals surface area contributed by atoms with Crippen molar-refractivity contribution in [2.45, 2.75) is 25.8 Å². The first-order valence-electron chi connectivity index (χ1n) is 6.82. The molecular weight excluding hydrogens is 269 g/mol. The Balaban J connectivity index is 2.44. The third-order valence-corrected chi connectivity index (χ3v) is 3.64. The third kappa shape index (κ3) is 3.05. The molecule has 2 rings (SSSR count). The molecule has 0 heterocycles. The van der Waals surface area contributed by atoms with Gasteiger partial charge >= 0.3 is 5.97 Å². The summed E-state index contributed by atoms with van der Waals surface area (Å²) in [6, 6.07) is 13.1.